The van der Waals surface area contributed by atoms with Gasteiger partial charge < -0.3 is 41.4 Å². The number of carbonyl (C=O) groups excluding carboxylic acids is 4. The van der Waals surface area contributed by atoms with E-state index in [4.69, 9.17) is 10.5 Å². The van der Waals surface area contributed by atoms with Crippen LogP contribution < -0.4 is 21.7 Å². The van der Waals surface area contributed by atoms with Crippen molar-refractivity contribution in [1.29, 1.82) is 0 Å². The Morgan fingerprint density at radius 2 is 1.61 bits per heavy atom. The lowest BCUT2D eigenvalue weighted by Gasteiger charge is -2.36. The molecule has 0 spiro atoms. The Kier molecular flexibility index (Phi) is 18.2. The maximum atomic E-state index is 14.4. The predicted molar refractivity (Wildman–Crippen MR) is 302 cm³/mol. The van der Waals surface area contributed by atoms with Crippen LogP contribution in [0.5, 0.6) is 0 Å². The van der Waals surface area contributed by atoms with Gasteiger partial charge in [-0.25, -0.2) is 4.98 Å². The van der Waals surface area contributed by atoms with Crippen molar-refractivity contribution in [2.45, 2.75) is 112 Å². The topological polar surface area (TPSA) is 195 Å². The van der Waals surface area contributed by atoms with Gasteiger partial charge in [-0.15, -0.1) is 11.3 Å². The summed E-state index contributed by atoms with van der Waals surface area (Å²) in [5.74, 6) is -1.32. The van der Waals surface area contributed by atoms with Crippen molar-refractivity contribution in [3.8, 4) is 10.4 Å². The zero-order valence-electron chi connectivity index (χ0n) is 45.0. The van der Waals surface area contributed by atoms with Crippen LogP contribution >= 0.6 is 11.3 Å². The lowest BCUT2D eigenvalue weighted by atomic mass is 9.84. The highest BCUT2D eigenvalue weighted by Crippen LogP contribution is 2.31. The van der Waals surface area contributed by atoms with Crippen LogP contribution in [0.25, 0.3) is 27.4 Å². The predicted octanol–water partition coefficient (Wildman–Crippen LogP) is 9.71. The second-order valence-corrected chi connectivity index (χ2v) is 23.7. The number of likely N-dealkylation sites (tertiary alicyclic amines) is 1. The van der Waals surface area contributed by atoms with Crippen molar-refractivity contribution in [2.24, 2.45) is 16.2 Å². The van der Waals surface area contributed by atoms with Crippen LogP contribution in [-0.4, -0.2) is 99.5 Å². The van der Waals surface area contributed by atoms with Gasteiger partial charge in [0.05, 0.1) is 52.8 Å². The number of aromatic amines is 1. The van der Waals surface area contributed by atoms with Gasteiger partial charge in [0.2, 0.25) is 23.6 Å². The van der Waals surface area contributed by atoms with Gasteiger partial charge in [-0.2, -0.15) is 0 Å². The maximum absolute atomic E-state index is 14.4. The van der Waals surface area contributed by atoms with Crippen LogP contribution in [0.1, 0.15) is 102 Å². The molecular formula is C60H76N8O6S. The first kappa shape index (κ1) is 56.1. The number of nitrogens with one attached hydrogen (secondary N) is 4. The summed E-state index contributed by atoms with van der Waals surface area (Å²) < 4.78 is 6.46. The number of H-pyrrole nitrogens is 1. The van der Waals surface area contributed by atoms with Crippen molar-refractivity contribution in [1.82, 2.24) is 30.4 Å². The molecule has 7 N–H and O–H groups in total. The molecule has 2 aromatic heterocycles. The number of fused-ring (bicyclic) bond motifs is 1. The van der Waals surface area contributed by atoms with E-state index < -0.39 is 34.9 Å². The number of aromatic nitrogens is 2. The van der Waals surface area contributed by atoms with Gasteiger partial charge in [0, 0.05) is 67.6 Å². The van der Waals surface area contributed by atoms with E-state index in [0.29, 0.717) is 31.1 Å². The fraction of sp³-hybridized carbons (Fsp3) is 0.417. The first-order chi connectivity index (χ1) is 35.5. The second-order valence-electron chi connectivity index (χ2n) is 22.9. The number of aliphatic hydroxyl groups is 1. The summed E-state index contributed by atoms with van der Waals surface area (Å²) in [5, 5.41) is 21.0. The quantitative estimate of drug-likeness (QED) is 0.0284. The molecule has 75 heavy (non-hydrogen) atoms. The van der Waals surface area contributed by atoms with Gasteiger partial charge in [0.15, 0.2) is 0 Å². The fourth-order valence-electron chi connectivity index (χ4n) is 9.75. The van der Waals surface area contributed by atoms with E-state index >= 15 is 0 Å². The molecule has 0 aliphatic carbocycles. The zero-order chi connectivity index (χ0) is 54.1. The van der Waals surface area contributed by atoms with Crippen molar-refractivity contribution in [2.75, 3.05) is 43.9 Å². The maximum Gasteiger partial charge on any atom is 0.248 e. The number of anilines is 2. The van der Waals surface area contributed by atoms with E-state index in [0.717, 1.165) is 57.9 Å². The number of hydrogen-bond donors (Lipinski definition) is 6. The minimum absolute atomic E-state index is 0.00983. The lowest BCUT2D eigenvalue weighted by molar-refractivity contribution is -0.144. The van der Waals surface area contributed by atoms with Crippen molar-refractivity contribution >= 4 is 63.3 Å². The molecular weight excluding hydrogens is 961 g/mol. The van der Waals surface area contributed by atoms with E-state index in [9.17, 15) is 24.3 Å². The number of nitrogen functional groups attached to an aromatic ring is 1. The van der Waals surface area contributed by atoms with Gasteiger partial charge in [-0.05, 0) is 83.2 Å². The molecule has 14 nitrogen and oxygen atoms in total. The van der Waals surface area contributed by atoms with E-state index in [1.807, 2.05) is 109 Å². The van der Waals surface area contributed by atoms with E-state index in [2.05, 4.69) is 81.2 Å². The van der Waals surface area contributed by atoms with Gasteiger partial charge in [-0.1, -0.05) is 127 Å². The number of carbonyl (C=O) groups is 4. The monoisotopic (exact) mass is 1040 g/mol. The van der Waals surface area contributed by atoms with Crippen molar-refractivity contribution in [3.63, 3.8) is 0 Å². The number of β-amino-alcohol motifs (C(OH)–C–C–N with tert-alkyl or cyclic N) is 1. The molecule has 4 atom stereocenters. The minimum Gasteiger partial charge on any atom is -0.397 e. The van der Waals surface area contributed by atoms with E-state index in [-0.39, 0.29) is 48.6 Å². The first-order valence-electron chi connectivity index (χ1n) is 25.9. The number of ether oxygens (including phenoxy) is 1. The van der Waals surface area contributed by atoms with E-state index in [1.54, 1.807) is 29.5 Å². The number of nitrogens with two attached hydrogens (primary N) is 1. The number of aryl methyl sites for hydroxylation is 1. The number of nitrogens with zero attached hydrogens (tertiary/aromatic N) is 3. The number of hydrogen-bond acceptors (Lipinski definition) is 10. The molecule has 0 bridgehead atoms. The number of rotatable bonds is 22. The molecule has 1 fully saturated rings. The van der Waals surface area contributed by atoms with Gasteiger partial charge in [-0.3, -0.25) is 24.1 Å². The Hall–Kier alpha value is -6.65. The molecule has 1 saturated heterocycles. The number of amides is 4. The Bertz CT molecular complexity index is 2940. The third-order valence-electron chi connectivity index (χ3n) is 13.7. The number of benzene rings is 4. The molecule has 6 aromatic rings. The Morgan fingerprint density at radius 3 is 2.31 bits per heavy atom. The third kappa shape index (κ3) is 15.5. The molecule has 15 heteroatoms. The molecule has 398 valence electrons. The van der Waals surface area contributed by atoms with E-state index in [1.165, 1.54) is 21.9 Å². The Labute approximate surface area is 446 Å². The summed E-state index contributed by atoms with van der Waals surface area (Å²) in [7, 11) is 0. The summed E-state index contributed by atoms with van der Waals surface area (Å²) in [5.41, 5.74) is 14.7. The first-order valence-corrected chi connectivity index (χ1v) is 26.8. The average Bonchev–Trinajstić information content (AvgIpc) is 4.10. The summed E-state index contributed by atoms with van der Waals surface area (Å²) in [6.45, 7) is 20.9. The van der Waals surface area contributed by atoms with Crippen LogP contribution in [0.15, 0.2) is 115 Å². The van der Waals surface area contributed by atoms with Gasteiger partial charge in [0.1, 0.15) is 12.1 Å². The van der Waals surface area contributed by atoms with Crippen molar-refractivity contribution in [3.05, 3.63) is 143 Å². The summed E-state index contributed by atoms with van der Waals surface area (Å²) in [6, 6.07) is 29.5. The third-order valence-corrected chi connectivity index (χ3v) is 14.7. The van der Waals surface area contributed by atoms with Gasteiger partial charge >= 0.3 is 0 Å². The number of para-hydroxylation sites is 3. The van der Waals surface area contributed by atoms with Gasteiger partial charge in [0.25, 0.3) is 0 Å². The number of thiazole rings is 1. The van der Waals surface area contributed by atoms with Crippen LogP contribution in [0.2, 0.25) is 0 Å². The SMILES string of the molecule is Cc1ncsc1-c1ccc([C@H](C)NC(=O)[C@@H]2C[C@@H](O)CN2C(=O)[C@@H](NC(=O)CC(C)(C)COCC(C)(C)CN(CCc2c[nH]c3ccccc23)Cc2ccc(/C=C/C(=O)Nc3ccccc3N)cc2)C(C)(C)C)cc1. The molecule has 3 heterocycles. The highest BCUT2D eigenvalue weighted by molar-refractivity contribution is 7.13. The Balaban J connectivity index is 0.934. The smallest absolute Gasteiger partial charge is 0.248 e. The summed E-state index contributed by atoms with van der Waals surface area (Å²) in [6.07, 6.45) is 5.55. The molecule has 4 aromatic carbocycles. The summed E-state index contributed by atoms with van der Waals surface area (Å²) >= 11 is 1.58. The van der Waals surface area contributed by atoms with Crippen LogP contribution in [0.4, 0.5) is 11.4 Å². The number of aliphatic hydroxyl groups excluding tert-OH is 1. The molecule has 7 rings (SSSR count). The largest absolute Gasteiger partial charge is 0.397 e. The average molecular weight is 1040 g/mol. The van der Waals surface area contributed by atoms with Crippen LogP contribution in [0, 0.1) is 23.2 Å². The molecule has 0 unspecified atom stereocenters. The fourth-order valence-corrected chi connectivity index (χ4v) is 10.6. The standard InChI is InChI=1S/C60H76N8O6S/c1-39(43-23-25-44(26-24-43)54-40(2)63-38-75-54)64-56(72)51-30-46(69)34-68(51)57(73)55(58(3,4)5)66-53(71)31-59(6,7)36-74-37-60(8,9)35-67(29-28-45-32-62-49-16-12-10-14-47(45)49)33-42-20-18-41(19-21-42)22-27-52(70)65-50-17-13-11-15-48(50)61/h10-27,32,38-39,46,51,55,62,69H,28-31,33-37,61H2,1-9H3,(H,64,72)(H,65,70)(H,66,71)/b27-22+/t39-,46+,51-,55+/m0/s1. The highest BCUT2D eigenvalue weighted by atomic mass is 32.1. The molecule has 1 aliphatic rings. The second kappa shape index (κ2) is 24.3. The van der Waals surface area contributed by atoms with Crippen LogP contribution in [0.3, 0.4) is 0 Å². The molecule has 1 aliphatic heterocycles. The summed E-state index contributed by atoms with van der Waals surface area (Å²) in [4.78, 5) is 67.6. The normalized spacial score (nSPS) is 16.1. The van der Waals surface area contributed by atoms with Crippen LogP contribution in [-0.2, 0) is 36.9 Å². The zero-order valence-corrected chi connectivity index (χ0v) is 45.9. The Morgan fingerprint density at radius 1 is 0.920 bits per heavy atom. The highest BCUT2D eigenvalue weighted by Gasteiger charge is 2.45. The lowest BCUT2D eigenvalue weighted by Crippen LogP contribution is -2.58. The molecule has 4 amide bonds. The minimum atomic E-state index is -0.948. The molecule has 0 saturated carbocycles. The van der Waals surface area contributed by atoms with Crippen molar-refractivity contribution < 1.29 is 29.0 Å². The molecule has 0 radical (unpaired) electrons.